The number of aliphatic hydroxyl groups is 1. The topological polar surface area (TPSA) is 42.4 Å². The molecule has 1 N–H and O–H groups in total. The van der Waals surface area contributed by atoms with E-state index in [0.717, 1.165) is 16.9 Å². The predicted molar refractivity (Wildman–Crippen MR) is 60.9 cm³/mol. The minimum atomic E-state index is 0.0732. The van der Waals surface area contributed by atoms with E-state index < -0.39 is 0 Å². The van der Waals surface area contributed by atoms with Crippen molar-refractivity contribution in [2.24, 2.45) is 0 Å². The highest BCUT2D eigenvalue weighted by Gasteiger charge is 1.96. The molecular weight excluding hydrogens is 202 g/mol. The molecule has 0 fully saturated rings. The van der Waals surface area contributed by atoms with Gasteiger partial charge < -0.3 is 9.84 Å². The zero-order valence-corrected chi connectivity index (χ0v) is 8.84. The minimum absolute atomic E-state index is 0.0732. The van der Waals surface area contributed by atoms with E-state index >= 15 is 0 Å². The Balaban J connectivity index is 1.94. The number of aromatic nitrogens is 1. The lowest BCUT2D eigenvalue weighted by atomic mass is 10.1. The monoisotopic (exact) mass is 215 g/mol. The second-order valence-electron chi connectivity index (χ2n) is 3.45. The molecule has 0 aliphatic heterocycles. The molecule has 0 spiro atoms. The maximum Gasteiger partial charge on any atom is 0.138 e. The Hall–Kier alpha value is -1.87. The fraction of sp³-hybridized carbons (Fsp3) is 0.154. The van der Waals surface area contributed by atoms with Crippen LogP contribution in [0.4, 0.5) is 0 Å². The molecule has 16 heavy (non-hydrogen) atoms. The van der Waals surface area contributed by atoms with Gasteiger partial charge >= 0.3 is 0 Å². The molecule has 0 radical (unpaired) electrons. The van der Waals surface area contributed by atoms with Crippen LogP contribution in [0.15, 0.2) is 48.8 Å². The van der Waals surface area contributed by atoms with E-state index in [0.29, 0.717) is 6.61 Å². The third-order valence-corrected chi connectivity index (χ3v) is 2.25. The van der Waals surface area contributed by atoms with Crippen LogP contribution < -0.4 is 4.74 Å². The van der Waals surface area contributed by atoms with Gasteiger partial charge in [-0.25, -0.2) is 0 Å². The van der Waals surface area contributed by atoms with E-state index in [1.54, 1.807) is 12.4 Å². The smallest absolute Gasteiger partial charge is 0.138 e. The quantitative estimate of drug-likeness (QED) is 0.849. The molecule has 2 rings (SSSR count). The van der Waals surface area contributed by atoms with Crippen LogP contribution in [0.3, 0.4) is 0 Å². The summed E-state index contributed by atoms with van der Waals surface area (Å²) in [5.41, 5.74) is 1.98. The van der Waals surface area contributed by atoms with Crippen molar-refractivity contribution in [3.63, 3.8) is 0 Å². The van der Waals surface area contributed by atoms with Crippen LogP contribution in [0.2, 0.25) is 0 Å². The maximum absolute atomic E-state index is 8.90. The van der Waals surface area contributed by atoms with Crippen LogP contribution in [0, 0.1) is 0 Å². The normalized spacial score (nSPS) is 10.1. The van der Waals surface area contributed by atoms with E-state index in [-0.39, 0.29) is 6.61 Å². The fourth-order valence-corrected chi connectivity index (χ4v) is 1.34. The molecular formula is C13H13NO2. The highest BCUT2D eigenvalue weighted by molar-refractivity contribution is 5.22. The molecule has 0 bridgehead atoms. The Morgan fingerprint density at radius 3 is 2.44 bits per heavy atom. The molecule has 3 heteroatoms. The van der Waals surface area contributed by atoms with Crippen LogP contribution in [-0.4, -0.2) is 10.1 Å². The molecule has 82 valence electrons. The summed E-state index contributed by atoms with van der Waals surface area (Å²) in [6.45, 7) is 0.584. The predicted octanol–water partition coefficient (Wildman–Crippen LogP) is 2.15. The molecule has 2 aromatic rings. The summed E-state index contributed by atoms with van der Waals surface area (Å²) in [4.78, 5) is 3.97. The highest BCUT2D eigenvalue weighted by atomic mass is 16.5. The molecule has 0 saturated heterocycles. The van der Waals surface area contributed by atoms with Crippen molar-refractivity contribution < 1.29 is 9.84 Å². The Morgan fingerprint density at radius 1 is 1.06 bits per heavy atom. The van der Waals surface area contributed by atoms with Crippen molar-refractivity contribution in [3.05, 3.63) is 59.9 Å². The molecule has 0 aliphatic rings. The Kier molecular flexibility index (Phi) is 3.51. The standard InChI is InChI=1S/C13H13NO2/c15-9-11-3-5-12(6-4-11)10-16-13-2-1-7-14-8-13/h1-8,15H,9-10H2. The first-order valence-electron chi connectivity index (χ1n) is 5.10. The summed E-state index contributed by atoms with van der Waals surface area (Å²) >= 11 is 0. The number of benzene rings is 1. The van der Waals surface area contributed by atoms with Gasteiger partial charge in [-0.05, 0) is 23.3 Å². The average molecular weight is 215 g/mol. The van der Waals surface area contributed by atoms with E-state index in [4.69, 9.17) is 9.84 Å². The number of hydrogen-bond donors (Lipinski definition) is 1. The lowest BCUT2D eigenvalue weighted by Gasteiger charge is -2.05. The zero-order valence-electron chi connectivity index (χ0n) is 8.84. The number of pyridine rings is 1. The summed E-state index contributed by atoms with van der Waals surface area (Å²) < 4.78 is 5.54. The van der Waals surface area contributed by atoms with Gasteiger partial charge in [-0.15, -0.1) is 0 Å². The van der Waals surface area contributed by atoms with E-state index in [1.165, 1.54) is 0 Å². The number of ether oxygens (including phenoxy) is 1. The number of rotatable bonds is 4. The van der Waals surface area contributed by atoms with Crippen molar-refractivity contribution in [1.82, 2.24) is 4.98 Å². The van der Waals surface area contributed by atoms with Crippen molar-refractivity contribution in [2.75, 3.05) is 0 Å². The summed E-state index contributed by atoms with van der Waals surface area (Å²) in [6.07, 6.45) is 3.39. The van der Waals surface area contributed by atoms with Gasteiger partial charge in [0.2, 0.25) is 0 Å². The van der Waals surface area contributed by atoms with E-state index in [2.05, 4.69) is 4.98 Å². The van der Waals surface area contributed by atoms with Crippen LogP contribution in [0.5, 0.6) is 5.75 Å². The van der Waals surface area contributed by atoms with Gasteiger partial charge in [0, 0.05) is 6.20 Å². The van der Waals surface area contributed by atoms with Gasteiger partial charge in [0.25, 0.3) is 0 Å². The zero-order chi connectivity index (χ0) is 11.2. The molecule has 1 aromatic carbocycles. The minimum Gasteiger partial charge on any atom is -0.487 e. The lowest BCUT2D eigenvalue weighted by molar-refractivity contribution is 0.281. The molecule has 0 atom stereocenters. The first-order valence-corrected chi connectivity index (χ1v) is 5.10. The van der Waals surface area contributed by atoms with Crippen molar-refractivity contribution >= 4 is 0 Å². The summed E-state index contributed by atoms with van der Waals surface area (Å²) in [5.74, 6) is 0.758. The van der Waals surface area contributed by atoms with E-state index in [9.17, 15) is 0 Å². The second-order valence-corrected chi connectivity index (χ2v) is 3.45. The first kappa shape index (κ1) is 10.6. The number of nitrogens with zero attached hydrogens (tertiary/aromatic N) is 1. The molecule has 1 heterocycles. The SMILES string of the molecule is OCc1ccc(COc2cccnc2)cc1. The summed E-state index contributed by atoms with van der Waals surface area (Å²) in [5, 5.41) is 8.90. The van der Waals surface area contributed by atoms with Crippen LogP contribution in [0.1, 0.15) is 11.1 Å². The third kappa shape index (κ3) is 2.81. The average Bonchev–Trinajstić information content (AvgIpc) is 2.38. The van der Waals surface area contributed by atoms with Crippen LogP contribution in [0.25, 0.3) is 0 Å². The third-order valence-electron chi connectivity index (χ3n) is 2.25. The number of aliphatic hydroxyl groups excluding tert-OH is 1. The Morgan fingerprint density at radius 2 is 1.81 bits per heavy atom. The Bertz CT molecular complexity index is 425. The molecule has 0 unspecified atom stereocenters. The van der Waals surface area contributed by atoms with Crippen molar-refractivity contribution in [3.8, 4) is 5.75 Å². The lowest BCUT2D eigenvalue weighted by Crippen LogP contribution is -1.95. The van der Waals surface area contributed by atoms with Gasteiger partial charge in [-0.2, -0.15) is 0 Å². The molecule has 0 aliphatic carbocycles. The Labute approximate surface area is 94.3 Å². The van der Waals surface area contributed by atoms with Gasteiger partial charge in [-0.1, -0.05) is 24.3 Å². The van der Waals surface area contributed by atoms with Crippen LogP contribution in [-0.2, 0) is 13.2 Å². The van der Waals surface area contributed by atoms with Crippen LogP contribution >= 0.6 is 0 Å². The van der Waals surface area contributed by atoms with Gasteiger partial charge in [-0.3, -0.25) is 4.98 Å². The number of hydrogen-bond acceptors (Lipinski definition) is 3. The first-order chi connectivity index (χ1) is 7.88. The van der Waals surface area contributed by atoms with Gasteiger partial charge in [0.05, 0.1) is 12.8 Å². The van der Waals surface area contributed by atoms with Crippen molar-refractivity contribution in [2.45, 2.75) is 13.2 Å². The summed E-state index contributed by atoms with van der Waals surface area (Å²) in [6, 6.07) is 11.4. The van der Waals surface area contributed by atoms with Gasteiger partial charge in [0.15, 0.2) is 0 Å². The largest absolute Gasteiger partial charge is 0.487 e. The second kappa shape index (κ2) is 5.28. The highest BCUT2D eigenvalue weighted by Crippen LogP contribution is 2.11. The van der Waals surface area contributed by atoms with E-state index in [1.807, 2.05) is 36.4 Å². The fourth-order valence-electron chi connectivity index (χ4n) is 1.34. The van der Waals surface area contributed by atoms with Gasteiger partial charge in [0.1, 0.15) is 12.4 Å². The molecule has 0 saturated carbocycles. The maximum atomic E-state index is 8.90. The van der Waals surface area contributed by atoms with Crippen molar-refractivity contribution in [1.29, 1.82) is 0 Å². The summed E-state index contributed by atoms with van der Waals surface area (Å²) in [7, 11) is 0. The molecule has 3 nitrogen and oxygen atoms in total. The molecule has 0 amide bonds. The molecule has 1 aromatic heterocycles.